The molecule has 2 unspecified atom stereocenters. The molecule has 4 N–H and O–H groups in total. The molecule has 1 saturated heterocycles. The fourth-order valence-electron chi connectivity index (χ4n) is 1.96. The lowest BCUT2D eigenvalue weighted by molar-refractivity contribution is -0.119. The average Bonchev–Trinajstić information content (AvgIpc) is 2.84. The van der Waals surface area contributed by atoms with Crippen molar-refractivity contribution in [1.29, 1.82) is 0 Å². The molecule has 0 radical (unpaired) electrons. The van der Waals surface area contributed by atoms with Crippen LogP contribution in [0.3, 0.4) is 0 Å². The fraction of sp³-hybridized carbons (Fsp3) is 0.429. The largest absolute Gasteiger partial charge is 0.336 e. The predicted octanol–water partition coefficient (Wildman–Crippen LogP) is 1.56. The Morgan fingerprint density at radius 3 is 2.71 bits per heavy atom. The number of halogens is 1. The van der Waals surface area contributed by atoms with Crippen LogP contribution in [0, 0.1) is 5.92 Å². The minimum absolute atomic E-state index is 0. The van der Waals surface area contributed by atoms with E-state index >= 15 is 0 Å². The molecule has 1 aromatic carbocycles. The first-order chi connectivity index (χ1) is 9.49. The summed E-state index contributed by atoms with van der Waals surface area (Å²) in [6.07, 6.45) is 0. The summed E-state index contributed by atoms with van der Waals surface area (Å²) in [5.41, 5.74) is 7.15. The molecule has 0 aromatic heterocycles. The molecule has 2 rings (SSSR count). The number of hydrogen-bond donors (Lipinski definition) is 3. The Morgan fingerprint density at radius 2 is 2.14 bits per heavy atom. The Balaban J connectivity index is 0.00000220. The molecular formula is C14H21ClN4O2. The van der Waals surface area contributed by atoms with Gasteiger partial charge in [-0.25, -0.2) is 4.79 Å². The van der Waals surface area contributed by atoms with Crippen LogP contribution in [0.1, 0.15) is 13.8 Å². The lowest BCUT2D eigenvalue weighted by Gasteiger charge is -2.18. The van der Waals surface area contributed by atoms with E-state index in [0.29, 0.717) is 18.8 Å². The molecule has 3 amide bonds. The molecule has 21 heavy (non-hydrogen) atoms. The van der Waals surface area contributed by atoms with Crippen LogP contribution in [0.15, 0.2) is 24.3 Å². The first-order valence-electron chi connectivity index (χ1n) is 6.71. The number of nitrogens with zero attached hydrogens (tertiary/aromatic N) is 1. The number of benzene rings is 1. The first-order valence-corrected chi connectivity index (χ1v) is 6.71. The molecule has 1 aliphatic heterocycles. The molecule has 0 spiro atoms. The van der Waals surface area contributed by atoms with Crippen molar-refractivity contribution in [3.05, 3.63) is 24.3 Å². The zero-order valence-corrected chi connectivity index (χ0v) is 12.9. The first kappa shape index (κ1) is 17.3. The van der Waals surface area contributed by atoms with Crippen LogP contribution < -0.4 is 21.3 Å². The summed E-state index contributed by atoms with van der Waals surface area (Å²) in [4.78, 5) is 25.2. The number of hydrogen-bond acceptors (Lipinski definition) is 3. The van der Waals surface area contributed by atoms with Gasteiger partial charge in [-0.3, -0.25) is 9.69 Å². The van der Waals surface area contributed by atoms with Gasteiger partial charge in [0.1, 0.15) is 0 Å². The van der Waals surface area contributed by atoms with Gasteiger partial charge in [-0.2, -0.15) is 0 Å². The second-order valence-electron chi connectivity index (χ2n) is 5.07. The van der Waals surface area contributed by atoms with Gasteiger partial charge in [-0.15, -0.1) is 12.4 Å². The average molecular weight is 313 g/mol. The zero-order valence-electron chi connectivity index (χ0n) is 12.1. The van der Waals surface area contributed by atoms with Crippen molar-refractivity contribution in [2.45, 2.75) is 19.9 Å². The predicted molar refractivity (Wildman–Crippen MR) is 85.9 cm³/mol. The van der Waals surface area contributed by atoms with Gasteiger partial charge in [-0.05, 0) is 25.1 Å². The highest BCUT2D eigenvalue weighted by Crippen LogP contribution is 2.21. The van der Waals surface area contributed by atoms with Crippen molar-refractivity contribution in [2.24, 2.45) is 11.7 Å². The quantitative estimate of drug-likeness (QED) is 0.788. The highest BCUT2D eigenvalue weighted by Gasteiger charge is 2.22. The third-order valence-electron chi connectivity index (χ3n) is 3.48. The van der Waals surface area contributed by atoms with E-state index in [9.17, 15) is 9.59 Å². The monoisotopic (exact) mass is 312 g/mol. The van der Waals surface area contributed by atoms with Gasteiger partial charge >= 0.3 is 6.03 Å². The Labute approximate surface area is 130 Å². The van der Waals surface area contributed by atoms with E-state index in [0.717, 1.165) is 5.69 Å². The molecule has 6 nitrogen and oxygen atoms in total. The van der Waals surface area contributed by atoms with E-state index in [4.69, 9.17) is 5.73 Å². The molecule has 1 aliphatic rings. The number of nitrogens with one attached hydrogen (secondary N) is 2. The molecule has 1 heterocycles. The number of amides is 3. The van der Waals surface area contributed by atoms with Crippen LogP contribution in [-0.4, -0.2) is 31.1 Å². The van der Waals surface area contributed by atoms with Crippen molar-refractivity contribution < 1.29 is 9.59 Å². The normalized spacial score (nSPS) is 16.7. The van der Waals surface area contributed by atoms with Crippen LogP contribution >= 0.6 is 12.4 Å². The molecule has 2 atom stereocenters. The maximum absolute atomic E-state index is 12.0. The van der Waals surface area contributed by atoms with E-state index in [-0.39, 0.29) is 36.3 Å². The third kappa shape index (κ3) is 4.09. The van der Waals surface area contributed by atoms with Crippen molar-refractivity contribution in [2.75, 3.05) is 23.3 Å². The van der Waals surface area contributed by atoms with E-state index in [1.165, 1.54) is 0 Å². The molecular weight excluding hydrogens is 292 g/mol. The van der Waals surface area contributed by atoms with Gasteiger partial charge in [0.15, 0.2) is 0 Å². The molecule has 7 heteroatoms. The van der Waals surface area contributed by atoms with Gasteiger partial charge < -0.3 is 16.4 Å². The SMILES string of the molecule is CC(N)C(C)C(=O)Nc1cccc(N2CCNC2=O)c1.Cl. The second-order valence-corrected chi connectivity index (χ2v) is 5.07. The van der Waals surface area contributed by atoms with E-state index in [2.05, 4.69) is 10.6 Å². The summed E-state index contributed by atoms with van der Waals surface area (Å²) < 4.78 is 0. The highest BCUT2D eigenvalue weighted by molar-refractivity contribution is 5.96. The number of rotatable bonds is 4. The number of anilines is 2. The highest BCUT2D eigenvalue weighted by atomic mass is 35.5. The second kappa shape index (κ2) is 7.28. The topological polar surface area (TPSA) is 87.5 Å². The molecule has 116 valence electrons. The molecule has 1 fully saturated rings. The Morgan fingerprint density at radius 1 is 1.43 bits per heavy atom. The van der Waals surface area contributed by atoms with Crippen LogP contribution in [0.5, 0.6) is 0 Å². The lowest BCUT2D eigenvalue weighted by Crippen LogP contribution is -2.34. The summed E-state index contributed by atoms with van der Waals surface area (Å²) in [7, 11) is 0. The maximum atomic E-state index is 12.0. The van der Waals surface area contributed by atoms with Gasteiger partial charge in [0, 0.05) is 30.5 Å². The summed E-state index contributed by atoms with van der Waals surface area (Å²) in [6, 6.07) is 6.92. The van der Waals surface area contributed by atoms with Crippen LogP contribution in [-0.2, 0) is 4.79 Å². The number of urea groups is 1. The van der Waals surface area contributed by atoms with Crippen LogP contribution in [0.2, 0.25) is 0 Å². The number of carbonyl (C=O) groups is 2. The zero-order chi connectivity index (χ0) is 14.7. The fourth-order valence-corrected chi connectivity index (χ4v) is 1.96. The number of carbonyl (C=O) groups excluding carboxylic acids is 2. The van der Waals surface area contributed by atoms with Crippen molar-refractivity contribution in [3.8, 4) is 0 Å². The molecule has 0 aliphatic carbocycles. The minimum Gasteiger partial charge on any atom is -0.336 e. The summed E-state index contributed by atoms with van der Waals surface area (Å²) in [6.45, 7) is 4.86. The van der Waals surface area contributed by atoms with Crippen LogP contribution in [0.25, 0.3) is 0 Å². The Bertz CT molecular complexity index is 521. The molecule has 0 saturated carbocycles. The Kier molecular flexibility index (Phi) is 5.99. The standard InChI is InChI=1S/C14H20N4O2.ClH/c1-9(10(2)15)13(19)17-11-4-3-5-12(8-11)18-7-6-16-14(18)20;/h3-5,8-10H,6-7,15H2,1-2H3,(H,16,20)(H,17,19);1H. The summed E-state index contributed by atoms with van der Waals surface area (Å²) >= 11 is 0. The van der Waals surface area contributed by atoms with Gasteiger partial charge in [0.05, 0.1) is 5.92 Å². The summed E-state index contributed by atoms with van der Waals surface area (Å²) in [5.74, 6) is -0.392. The smallest absolute Gasteiger partial charge is 0.321 e. The van der Waals surface area contributed by atoms with Crippen molar-refractivity contribution in [1.82, 2.24) is 5.32 Å². The number of nitrogens with two attached hydrogens (primary N) is 1. The van der Waals surface area contributed by atoms with E-state index in [1.807, 2.05) is 12.1 Å². The Hall–Kier alpha value is -1.79. The van der Waals surface area contributed by atoms with Gasteiger partial charge in [-0.1, -0.05) is 13.0 Å². The van der Waals surface area contributed by atoms with Crippen LogP contribution in [0.4, 0.5) is 16.2 Å². The maximum Gasteiger partial charge on any atom is 0.321 e. The van der Waals surface area contributed by atoms with Gasteiger partial charge in [0.2, 0.25) is 5.91 Å². The van der Waals surface area contributed by atoms with Crippen molar-refractivity contribution in [3.63, 3.8) is 0 Å². The van der Waals surface area contributed by atoms with E-state index < -0.39 is 0 Å². The minimum atomic E-state index is -0.270. The summed E-state index contributed by atoms with van der Waals surface area (Å²) in [5, 5.41) is 5.57. The lowest BCUT2D eigenvalue weighted by atomic mass is 10.0. The molecule has 1 aromatic rings. The molecule has 0 bridgehead atoms. The van der Waals surface area contributed by atoms with Gasteiger partial charge in [0.25, 0.3) is 0 Å². The van der Waals surface area contributed by atoms with E-state index in [1.54, 1.807) is 30.9 Å². The third-order valence-corrected chi connectivity index (χ3v) is 3.48. The van der Waals surface area contributed by atoms with Crippen molar-refractivity contribution >= 4 is 35.7 Å².